The minimum atomic E-state index is -1.07. The van der Waals surface area contributed by atoms with Gasteiger partial charge < -0.3 is 33.7 Å². The fourth-order valence-corrected chi connectivity index (χ4v) is 6.76. The van der Waals surface area contributed by atoms with Crippen molar-refractivity contribution in [3.05, 3.63) is 78.3 Å². The molecule has 2 atom stereocenters. The highest BCUT2D eigenvalue weighted by molar-refractivity contribution is 6.14. The maximum Gasteiger partial charge on any atom is 0.407 e. The number of piperazine rings is 1. The summed E-state index contributed by atoms with van der Waals surface area (Å²) in [6.45, 7) is 2.40. The first-order chi connectivity index (χ1) is 23.4. The van der Waals surface area contributed by atoms with Crippen LogP contribution < -0.4 is 14.4 Å². The lowest BCUT2D eigenvalue weighted by molar-refractivity contribution is 0.119. The molecule has 11 nitrogen and oxygen atoms in total. The van der Waals surface area contributed by atoms with Crippen LogP contribution in [-0.4, -0.2) is 82.9 Å². The molecule has 5 aromatic rings. The molecule has 2 fully saturated rings. The van der Waals surface area contributed by atoms with Gasteiger partial charge in [-0.05, 0) is 56.3 Å². The second kappa shape index (κ2) is 13.4. The normalized spacial score (nSPS) is 18.4. The van der Waals surface area contributed by atoms with Gasteiger partial charge >= 0.3 is 12.1 Å². The average molecular weight is 651 g/mol. The molecule has 0 spiro atoms. The summed E-state index contributed by atoms with van der Waals surface area (Å²) in [4.78, 5) is 27.2. The predicted molar refractivity (Wildman–Crippen MR) is 178 cm³/mol. The fourth-order valence-electron chi connectivity index (χ4n) is 6.76. The van der Waals surface area contributed by atoms with E-state index >= 15 is 4.39 Å². The van der Waals surface area contributed by atoms with Crippen molar-refractivity contribution in [3.8, 4) is 29.0 Å². The first kappa shape index (κ1) is 31.2. The molecule has 0 radical (unpaired) electrons. The number of likely N-dealkylation sites (tertiary alicyclic amines) is 1. The summed E-state index contributed by atoms with van der Waals surface area (Å²) >= 11 is 0. The number of hydrogen-bond acceptors (Lipinski definition) is 9. The summed E-state index contributed by atoms with van der Waals surface area (Å²) in [6, 6.07) is 20.0. The van der Waals surface area contributed by atoms with Crippen LogP contribution >= 0.6 is 0 Å². The van der Waals surface area contributed by atoms with Gasteiger partial charge in [0.1, 0.15) is 36.2 Å². The van der Waals surface area contributed by atoms with Crippen molar-refractivity contribution in [1.82, 2.24) is 19.8 Å². The molecule has 1 amide bonds. The predicted octanol–water partition coefficient (Wildman–Crippen LogP) is 6.32. The zero-order valence-electron chi connectivity index (χ0n) is 26.5. The number of aromatic nitrogens is 2. The Morgan fingerprint density at radius 2 is 1.94 bits per heavy atom. The van der Waals surface area contributed by atoms with Gasteiger partial charge in [0.2, 0.25) is 0 Å². The zero-order valence-corrected chi connectivity index (χ0v) is 26.5. The number of amides is 1. The van der Waals surface area contributed by atoms with Gasteiger partial charge in [0.15, 0.2) is 0 Å². The van der Waals surface area contributed by atoms with E-state index < -0.39 is 18.0 Å². The first-order valence-corrected chi connectivity index (χ1v) is 16.0. The van der Waals surface area contributed by atoms with Crippen LogP contribution in [0.2, 0.25) is 0 Å². The van der Waals surface area contributed by atoms with E-state index in [0.29, 0.717) is 52.2 Å². The van der Waals surface area contributed by atoms with Crippen molar-refractivity contribution in [2.24, 2.45) is 0 Å². The highest BCUT2D eigenvalue weighted by Gasteiger charge is 2.33. The number of nitrogens with zero attached hydrogens (tertiary/aromatic N) is 6. The largest absolute Gasteiger partial charge is 0.488 e. The molecule has 2 aromatic heterocycles. The molecule has 246 valence electrons. The molecule has 12 heteroatoms. The van der Waals surface area contributed by atoms with Crippen LogP contribution in [0.1, 0.15) is 24.8 Å². The SMILES string of the molecule is CN1CCC[C@H]1COc1nc(N2CCN(C(=O)O)[C@@H](CC#N)C2)c2c(cc(-c3c(F)cccc3OCc3ccccc3)c3ccoc32)n1. The molecule has 2 aliphatic rings. The Hall–Kier alpha value is -5.41. The van der Waals surface area contributed by atoms with Crippen molar-refractivity contribution >= 4 is 33.8 Å². The Morgan fingerprint density at radius 1 is 1.08 bits per heavy atom. The standard InChI is InChI=1S/C36H35FN6O5/c1-41-15-6-9-25(41)22-48-35-39-29-19-27(31-28(37)10-5-11-30(31)47-21-23-7-3-2-4-8-23)26-13-18-46-33(26)32(29)34(40-35)42-16-17-43(36(44)45)24(20-42)12-14-38/h2-5,7-8,10-11,13,18-19,24-25H,6,9,12,15-17,20-22H2,1H3,(H,44,45)/t24-,25-/m0/s1. The summed E-state index contributed by atoms with van der Waals surface area (Å²) in [6.07, 6.45) is 2.59. The number of fused-ring (bicyclic) bond motifs is 3. The molecule has 3 aromatic carbocycles. The third-order valence-corrected chi connectivity index (χ3v) is 9.27. The summed E-state index contributed by atoms with van der Waals surface area (Å²) in [5.41, 5.74) is 2.69. The van der Waals surface area contributed by atoms with E-state index in [4.69, 9.17) is 23.9 Å². The van der Waals surface area contributed by atoms with Crippen molar-refractivity contribution in [2.45, 2.75) is 38.0 Å². The Labute approximate surface area is 276 Å². The molecule has 48 heavy (non-hydrogen) atoms. The number of carboxylic acid groups (broad SMARTS) is 1. The van der Waals surface area contributed by atoms with Crippen LogP contribution in [-0.2, 0) is 6.61 Å². The molecule has 0 bridgehead atoms. The summed E-state index contributed by atoms with van der Waals surface area (Å²) in [5.74, 6) is 0.421. The van der Waals surface area contributed by atoms with Gasteiger partial charge in [-0.2, -0.15) is 15.2 Å². The monoisotopic (exact) mass is 650 g/mol. The molecule has 0 aliphatic carbocycles. The molecule has 7 rings (SSSR count). The van der Waals surface area contributed by atoms with E-state index in [2.05, 4.69) is 18.0 Å². The maximum atomic E-state index is 15.8. The van der Waals surface area contributed by atoms with E-state index in [1.807, 2.05) is 35.2 Å². The van der Waals surface area contributed by atoms with Gasteiger partial charge in [-0.25, -0.2) is 9.18 Å². The summed E-state index contributed by atoms with van der Waals surface area (Å²) < 4.78 is 34.3. The minimum Gasteiger partial charge on any atom is -0.488 e. The number of anilines is 1. The number of carbonyl (C=O) groups is 1. The Kier molecular flexibility index (Phi) is 8.69. The third-order valence-electron chi connectivity index (χ3n) is 9.27. The zero-order chi connectivity index (χ0) is 33.2. The lowest BCUT2D eigenvalue weighted by atomic mass is 9.97. The van der Waals surface area contributed by atoms with E-state index in [-0.39, 0.29) is 43.7 Å². The minimum absolute atomic E-state index is 0.0303. The van der Waals surface area contributed by atoms with Gasteiger partial charge in [0.25, 0.3) is 0 Å². The Bertz CT molecular complexity index is 2000. The van der Waals surface area contributed by atoms with Crippen LogP contribution in [0, 0.1) is 17.1 Å². The van der Waals surface area contributed by atoms with E-state index in [9.17, 15) is 15.2 Å². The maximum absolute atomic E-state index is 15.8. The number of benzene rings is 3. The lowest BCUT2D eigenvalue weighted by Gasteiger charge is -2.39. The van der Waals surface area contributed by atoms with Crippen LogP contribution in [0.5, 0.6) is 11.8 Å². The third kappa shape index (κ3) is 6.04. The highest BCUT2D eigenvalue weighted by atomic mass is 19.1. The molecule has 0 saturated carbocycles. The van der Waals surface area contributed by atoms with Gasteiger partial charge in [-0.15, -0.1) is 0 Å². The number of furan rings is 1. The van der Waals surface area contributed by atoms with Crippen LogP contribution in [0.4, 0.5) is 15.0 Å². The van der Waals surface area contributed by atoms with Gasteiger partial charge in [0.05, 0.1) is 41.3 Å². The number of halogens is 1. The second-order valence-electron chi connectivity index (χ2n) is 12.2. The fraction of sp³-hybridized carbons (Fsp3) is 0.333. The average Bonchev–Trinajstić information content (AvgIpc) is 3.75. The number of likely N-dealkylation sites (N-methyl/N-ethyl adjacent to an activating group) is 1. The number of nitriles is 1. The van der Waals surface area contributed by atoms with Crippen LogP contribution in [0.25, 0.3) is 33.0 Å². The summed E-state index contributed by atoms with van der Waals surface area (Å²) in [7, 11) is 2.07. The summed E-state index contributed by atoms with van der Waals surface area (Å²) in [5, 5.41) is 20.5. The van der Waals surface area contributed by atoms with Gasteiger partial charge in [-0.3, -0.25) is 0 Å². The Morgan fingerprint density at radius 3 is 2.71 bits per heavy atom. The van der Waals surface area contributed by atoms with Crippen LogP contribution in [0.3, 0.4) is 0 Å². The van der Waals surface area contributed by atoms with Crippen molar-refractivity contribution in [3.63, 3.8) is 0 Å². The first-order valence-electron chi connectivity index (χ1n) is 16.0. The molecule has 0 unspecified atom stereocenters. The van der Waals surface area contributed by atoms with E-state index in [1.54, 1.807) is 30.5 Å². The number of ether oxygens (including phenoxy) is 2. The lowest BCUT2D eigenvalue weighted by Crippen LogP contribution is -2.55. The molecule has 2 saturated heterocycles. The smallest absolute Gasteiger partial charge is 0.407 e. The quantitative estimate of drug-likeness (QED) is 0.194. The topological polar surface area (TPSA) is 128 Å². The molecule has 2 aliphatic heterocycles. The molecular weight excluding hydrogens is 615 g/mol. The van der Waals surface area contributed by atoms with Crippen molar-refractivity contribution in [2.75, 3.05) is 44.7 Å². The second-order valence-corrected chi connectivity index (χ2v) is 12.2. The molecular formula is C36H35FN6O5. The van der Waals surface area contributed by atoms with E-state index in [1.165, 1.54) is 11.0 Å². The van der Waals surface area contributed by atoms with Gasteiger partial charge in [0, 0.05) is 36.6 Å². The van der Waals surface area contributed by atoms with Crippen molar-refractivity contribution < 1.29 is 28.2 Å². The molecule has 1 N–H and O–H groups in total. The van der Waals surface area contributed by atoms with Gasteiger partial charge in [-0.1, -0.05) is 36.4 Å². The van der Waals surface area contributed by atoms with Crippen molar-refractivity contribution in [1.29, 1.82) is 5.26 Å². The van der Waals surface area contributed by atoms with E-state index in [0.717, 1.165) is 24.9 Å². The highest BCUT2D eigenvalue weighted by Crippen LogP contribution is 2.43. The number of rotatable bonds is 9. The molecule has 4 heterocycles. The van der Waals surface area contributed by atoms with Crippen LogP contribution in [0.15, 0.2) is 71.3 Å². The number of hydrogen-bond donors (Lipinski definition) is 1. The Balaban J connectivity index is 1.35.